The Labute approximate surface area is 172 Å². The van der Waals surface area contributed by atoms with Gasteiger partial charge in [-0.1, -0.05) is 0 Å². The molecule has 0 unspecified atom stereocenters. The molecule has 2 N–H and O–H groups in total. The highest BCUT2D eigenvalue weighted by atomic mass is 35.5. The molecule has 4 fully saturated rings. The first-order valence-corrected chi connectivity index (χ1v) is 10.6. The number of rotatable bonds is 3. The van der Waals surface area contributed by atoms with Gasteiger partial charge in [-0.15, -0.1) is 24.8 Å². The lowest BCUT2D eigenvalue weighted by atomic mass is 9.67. The van der Waals surface area contributed by atoms with Crippen molar-refractivity contribution in [2.24, 2.45) is 5.41 Å². The van der Waals surface area contributed by atoms with Crippen LogP contribution in [0.3, 0.4) is 0 Å². The van der Waals surface area contributed by atoms with Crippen LogP contribution in [-0.2, 0) is 0 Å². The van der Waals surface area contributed by atoms with Crippen LogP contribution < -0.4 is 5.32 Å². The molecule has 26 heavy (non-hydrogen) atoms. The fourth-order valence-corrected chi connectivity index (χ4v) is 5.86. The van der Waals surface area contributed by atoms with Gasteiger partial charge < -0.3 is 20.2 Å². The lowest BCUT2D eigenvalue weighted by molar-refractivity contribution is -0.0568. The van der Waals surface area contributed by atoms with Crippen LogP contribution >= 0.6 is 24.8 Å². The third-order valence-electron chi connectivity index (χ3n) is 7.64. The Morgan fingerprint density at radius 1 is 0.808 bits per heavy atom. The maximum Gasteiger partial charge on any atom is 0.0798 e. The second-order valence-electron chi connectivity index (χ2n) is 9.22. The first-order chi connectivity index (χ1) is 11.7. The summed E-state index contributed by atoms with van der Waals surface area (Å²) in [4.78, 5) is 5.20. The predicted octanol–water partition coefficient (Wildman–Crippen LogP) is 3.07. The second kappa shape index (κ2) is 9.76. The van der Waals surface area contributed by atoms with Crippen LogP contribution in [0.2, 0.25) is 0 Å². The topological polar surface area (TPSA) is 38.7 Å². The molecular formula is C20H39Cl2N3O. The minimum absolute atomic E-state index is 0. The van der Waals surface area contributed by atoms with Crippen molar-refractivity contribution < 1.29 is 5.11 Å². The zero-order valence-electron chi connectivity index (χ0n) is 16.3. The van der Waals surface area contributed by atoms with E-state index in [1.807, 2.05) is 0 Å². The molecule has 3 saturated heterocycles. The lowest BCUT2D eigenvalue weighted by Gasteiger charge is -2.48. The number of β-amino-alcohol motifs (C(OH)–C–C–N with tert-alkyl or cyclic N) is 1. The Morgan fingerprint density at radius 2 is 1.38 bits per heavy atom. The average molecular weight is 408 g/mol. The number of aliphatic hydroxyl groups is 1. The Hall–Kier alpha value is 0.420. The SMILES string of the molecule is Cl.Cl.OC1(CN2CCCC2)CCN(C2CCC3(CCNCC3)CC2)CC1. The molecule has 0 aromatic carbocycles. The maximum atomic E-state index is 11.0. The first-order valence-electron chi connectivity index (χ1n) is 10.6. The molecule has 1 spiro atoms. The molecule has 1 aliphatic carbocycles. The molecule has 154 valence electrons. The molecule has 1 saturated carbocycles. The van der Waals surface area contributed by atoms with Gasteiger partial charge in [0.05, 0.1) is 5.60 Å². The van der Waals surface area contributed by atoms with E-state index < -0.39 is 5.60 Å². The normalized spacial score (nSPS) is 29.9. The van der Waals surface area contributed by atoms with Gasteiger partial charge in [0.2, 0.25) is 0 Å². The molecule has 4 rings (SSSR count). The zero-order valence-corrected chi connectivity index (χ0v) is 17.9. The lowest BCUT2D eigenvalue weighted by Crippen LogP contribution is -2.53. The number of piperidine rings is 2. The van der Waals surface area contributed by atoms with Gasteiger partial charge in [-0.2, -0.15) is 0 Å². The second-order valence-corrected chi connectivity index (χ2v) is 9.22. The van der Waals surface area contributed by atoms with Crippen LogP contribution in [0.4, 0.5) is 0 Å². The summed E-state index contributed by atoms with van der Waals surface area (Å²) in [5.74, 6) is 0. The van der Waals surface area contributed by atoms with Crippen molar-refractivity contribution in [3.63, 3.8) is 0 Å². The molecule has 3 heterocycles. The van der Waals surface area contributed by atoms with Crippen LogP contribution in [0.25, 0.3) is 0 Å². The van der Waals surface area contributed by atoms with E-state index in [4.69, 9.17) is 0 Å². The van der Waals surface area contributed by atoms with E-state index in [2.05, 4.69) is 15.1 Å². The van der Waals surface area contributed by atoms with E-state index in [1.165, 1.54) is 77.5 Å². The number of hydrogen-bond acceptors (Lipinski definition) is 4. The summed E-state index contributed by atoms with van der Waals surface area (Å²) in [6, 6.07) is 0.793. The van der Waals surface area contributed by atoms with E-state index >= 15 is 0 Å². The summed E-state index contributed by atoms with van der Waals surface area (Å²) in [6.07, 6.45) is 13.1. The van der Waals surface area contributed by atoms with Crippen molar-refractivity contribution in [2.75, 3.05) is 45.8 Å². The molecule has 0 atom stereocenters. The van der Waals surface area contributed by atoms with Gasteiger partial charge in [0, 0.05) is 25.7 Å². The van der Waals surface area contributed by atoms with E-state index in [-0.39, 0.29) is 24.8 Å². The molecule has 3 aliphatic heterocycles. The summed E-state index contributed by atoms with van der Waals surface area (Å²) < 4.78 is 0. The van der Waals surface area contributed by atoms with E-state index in [0.717, 1.165) is 38.5 Å². The summed E-state index contributed by atoms with van der Waals surface area (Å²) in [5, 5.41) is 14.5. The maximum absolute atomic E-state index is 11.0. The van der Waals surface area contributed by atoms with Gasteiger partial charge in [-0.05, 0) is 95.8 Å². The van der Waals surface area contributed by atoms with E-state index in [0.29, 0.717) is 5.41 Å². The Balaban J connectivity index is 0.00000121. The summed E-state index contributed by atoms with van der Waals surface area (Å²) in [7, 11) is 0. The quantitative estimate of drug-likeness (QED) is 0.753. The minimum atomic E-state index is -0.411. The predicted molar refractivity (Wildman–Crippen MR) is 113 cm³/mol. The van der Waals surface area contributed by atoms with Gasteiger partial charge in [-0.3, -0.25) is 0 Å². The van der Waals surface area contributed by atoms with Crippen LogP contribution in [0.15, 0.2) is 0 Å². The fourth-order valence-electron chi connectivity index (χ4n) is 5.86. The highest BCUT2D eigenvalue weighted by Gasteiger charge is 2.40. The zero-order chi connectivity index (χ0) is 16.5. The summed E-state index contributed by atoms with van der Waals surface area (Å²) in [6.45, 7) is 8.02. The van der Waals surface area contributed by atoms with Crippen LogP contribution in [0.5, 0.6) is 0 Å². The number of nitrogens with one attached hydrogen (secondary N) is 1. The molecule has 0 radical (unpaired) electrons. The molecule has 0 bridgehead atoms. The number of nitrogens with zero attached hydrogens (tertiary/aromatic N) is 2. The third kappa shape index (κ3) is 5.27. The molecule has 4 nitrogen and oxygen atoms in total. The van der Waals surface area contributed by atoms with Crippen molar-refractivity contribution >= 4 is 24.8 Å². The van der Waals surface area contributed by atoms with E-state index in [1.54, 1.807) is 0 Å². The summed E-state index contributed by atoms with van der Waals surface area (Å²) in [5.41, 5.74) is 0.264. The fraction of sp³-hybridized carbons (Fsp3) is 1.00. The molecule has 0 aromatic rings. The van der Waals surface area contributed by atoms with Gasteiger partial charge >= 0.3 is 0 Å². The average Bonchev–Trinajstić information content (AvgIpc) is 3.10. The first kappa shape index (κ1) is 22.7. The van der Waals surface area contributed by atoms with Crippen molar-refractivity contribution in [1.29, 1.82) is 0 Å². The monoisotopic (exact) mass is 407 g/mol. The molecule has 6 heteroatoms. The Bertz CT molecular complexity index is 407. The van der Waals surface area contributed by atoms with Crippen LogP contribution in [-0.4, -0.2) is 72.4 Å². The van der Waals surface area contributed by atoms with Gasteiger partial charge in [0.1, 0.15) is 0 Å². The molecule has 0 aromatic heterocycles. The van der Waals surface area contributed by atoms with E-state index in [9.17, 15) is 5.11 Å². The molecule has 0 amide bonds. The summed E-state index contributed by atoms with van der Waals surface area (Å²) >= 11 is 0. The highest BCUT2D eigenvalue weighted by Crippen LogP contribution is 2.44. The minimum Gasteiger partial charge on any atom is -0.388 e. The van der Waals surface area contributed by atoms with Gasteiger partial charge in [0.15, 0.2) is 0 Å². The molecular weight excluding hydrogens is 369 g/mol. The standard InChI is InChI=1S/C20H37N3O.2ClH/c24-20(17-22-13-1-2-14-22)9-15-23(16-10-20)18-3-5-19(6-4-18)7-11-21-12-8-19;;/h18,21,24H,1-17H2;2*1H. The number of likely N-dealkylation sites (tertiary alicyclic amines) is 2. The van der Waals surface area contributed by atoms with Crippen molar-refractivity contribution in [3.05, 3.63) is 0 Å². The largest absolute Gasteiger partial charge is 0.388 e. The van der Waals surface area contributed by atoms with Crippen molar-refractivity contribution in [2.45, 2.75) is 75.9 Å². The Kier molecular flexibility index (Phi) is 8.52. The molecule has 4 aliphatic rings. The van der Waals surface area contributed by atoms with Crippen molar-refractivity contribution in [3.8, 4) is 0 Å². The van der Waals surface area contributed by atoms with Gasteiger partial charge in [-0.25, -0.2) is 0 Å². The number of hydrogen-bond donors (Lipinski definition) is 2. The Morgan fingerprint density at radius 3 is 1.96 bits per heavy atom. The van der Waals surface area contributed by atoms with Gasteiger partial charge in [0.25, 0.3) is 0 Å². The third-order valence-corrected chi connectivity index (χ3v) is 7.64. The smallest absolute Gasteiger partial charge is 0.0798 e. The van der Waals surface area contributed by atoms with Crippen LogP contribution in [0, 0.1) is 5.41 Å². The number of halogens is 2. The highest BCUT2D eigenvalue weighted by molar-refractivity contribution is 5.85. The van der Waals surface area contributed by atoms with Crippen LogP contribution in [0.1, 0.15) is 64.2 Å². The van der Waals surface area contributed by atoms with Crippen molar-refractivity contribution in [1.82, 2.24) is 15.1 Å².